The topological polar surface area (TPSA) is 63.1 Å². The van der Waals surface area contributed by atoms with E-state index >= 15 is 0 Å². The van der Waals surface area contributed by atoms with Gasteiger partial charge in [-0.25, -0.2) is 9.97 Å². The quantitative estimate of drug-likeness (QED) is 0.913. The molecule has 19 heavy (non-hydrogen) atoms. The van der Waals surface area contributed by atoms with Crippen LogP contribution in [0.5, 0.6) is 0 Å². The number of rotatable bonds is 4. The van der Waals surface area contributed by atoms with Gasteiger partial charge in [0.25, 0.3) is 0 Å². The maximum atomic E-state index is 11.5. The average Bonchev–Trinajstić information content (AvgIpc) is 2.37. The number of carbonyl (C=O) groups is 1. The number of aromatic nitrogens is 2. The Morgan fingerprint density at radius 1 is 1.26 bits per heavy atom. The first kappa shape index (κ1) is 13.2. The van der Waals surface area contributed by atoms with Crippen molar-refractivity contribution >= 4 is 5.97 Å². The molecule has 0 bridgehead atoms. The number of aliphatic carboxylic acids is 1. The van der Waals surface area contributed by atoms with Gasteiger partial charge in [0, 0.05) is 5.69 Å². The maximum absolute atomic E-state index is 11.5. The summed E-state index contributed by atoms with van der Waals surface area (Å²) in [5.41, 5.74) is 3.47. The number of hydrogen-bond acceptors (Lipinski definition) is 3. The van der Waals surface area contributed by atoms with Crippen LogP contribution in [0.1, 0.15) is 28.4 Å². The Labute approximate surface area is 112 Å². The maximum Gasteiger partial charge on any atom is 0.312 e. The zero-order valence-electron chi connectivity index (χ0n) is 11.0. The second-order valence-corrected chi connectivity index (χ2v) is 4.61. The second-order valence-electron chi connectivity index (χ2n) is 4.61. The molecular weight excluding hydrogens is 240 g/mol. The average molecular weight is 256 g/mol. The summed E-state index contributed by atoms with van der Waals surface area (Å²) in [6.07, 6.45) is 1.86. The van der Waals surface area contributed by atoms with E-state index in [4.69, 9.17) is 0 Å². The molecule has 2 rings (SSSR count). The lowest BCUT2D eigenvalue weighted by molar-refractivity contribution is -0.138. The lowest BCUT2D eigenvalue weighted by Crippen LogP contribution is -2.16. The molecule has 4 nitrogen and oxygen atoms in total. The van der Waals surface area contributed by atoms with Crippen LogP contribution in [0.3, 0.4) is 0 Å². The molecule has 0 fully saturated rings. The smallest absolute Gasteiger partial charge is 0.312 e. The van der Waals surface area contributed by atoms with Crippen LogP contribution in [0.4, 0.5) is 0 Å². The highest BCUT2D eigenvalue weighted by Crippen LogP contribution is 2.21. The summed E-state index contributed by atoms with van der Waals surface area (Å²) in [5, 5.41) is 9.41. The molecule has 0 radical (unpaired) electrons. The normalized spacial score (nSPS) is 12.1. The van der Waals surface area contributed by atoms with Crippen LogP contribution >= 0.6 is 0 Å². The fourth-order valence-electron chi connectivity index (χ4n) is 2.04. The number of nitrogens with zero attached hydrogens (tertiary/aromatic N) is 2. The second kappa shape index (κ2) is 5.61. The molecule has 1 N–H and O–H groups in total. The van der Waals surface area contributed by atoms with Gasteiger partial charge in [0.1, 0.15) is 12.2 Å². The molecule has 4 heteroatoms. The van der Waals surface area contributed by atoms with Crippen molar-refractivity contribution in [2.24, 2.45) is 0 Å². The van der Waals surface area contributed by atoms with E-state index in [-0.39, 0.29) is 0 Å². The summed E-state index contributed by atoms with van der Waals surface area (Å²) in [7, 11) is 0. The highest BCUT2D eigenvalue weighted by molar-refractivity contribution is 5.76. The fraction of sp³-hybridized carbons (Fsp3) is 0.267. The summed E-state index contributed by atoms with van der Waals surface area (Å²) in [4.78, 5) is 19.6. The third-order valence-electron chi connectivity index (χ3n) is 3.17. The van der Waals surface area contributed by atoms with E-state index in [2.05, 4.69) is 9.97 Å². The largest absolute Gasteiger partial charge is 0.481 e. The molecule has 0 amide bonds. The highest BCUT2D eigenvalue weighted by atomic mass is 16.4. The van der Waals surface area contributed by atoms with Crippen LogP contribution in [0.25, 0.3) is 0 Å². The van der Waals surface area contributed by atoms with Crippen molar-refractivity contribution < 1.29 is 9.90 Å². The lowest BCUT2D eigenvalue weighted by Gasteiger charge is -2.13. The first-order valence-corrected chi connectivity index (χ1v) is 6.14. The molecule has 0 aliphatic rings. The van der Waals surface area contributed by atoms with Crippen LogP contribution in [0.2, 0.25) is 0 Å². The van der Waals surface area contributed by atoms with Crippen LogP contribution in [-0.4, -0.2) is 21.0 Å². The standard InChI is InChI=1S/C15H16N2O2/c1-10-5-3-4-6-12(10)8-13(15(18)19)14-7-11(2)16-9-17-14/h3-7,9,13H,8H2,1-2H3,(H,18,19). The number of hydrogen-bond donors (Lipinski definition) is 1. The van der Waals surface area contributed by atoms with E-state index in [0.29, 0.717) is 12.1 Å². The van der Waals surface area contributed by atoms with Gasteiger partial charge in [0.05, 0.1) is 5.69 Å². The minimum absolute atomic E-state index is 0.443. The molecule has 0 saturated carbocycles. The van der Waals surface area contributed by atoms with E-state index < -0.39 is 11.9 Å². The predicted octanol–water partition coefficient (Wildman–Crippen LogP) is 2.50. The molecule has 1 aromatic heterocycles. The van der Waals surface area contributed by atoms with Gasteiger partial charge in [-0.15, -0.1) is 0 Å². The predicted molar refractivity (Wildman–Crippen MR) is 72.0 cm³/mol. The molecule has 98 valence electrons. The summed E-state index contributed by atoms with van der Waals surface area (Å²) >= 11 is 0. The molecule has 1 unspecified atom stereocenters. The molecule has 1 atom stereocenters. The van der Waals surface area contributed by atoms with E-state index in [1.807, 2.05) is 38.1 Å². The van der Waals surface area contributed by atoms with Crippen molar-refractivity contribution in [3.63, 3.8) is 0 Å². The van der Waals surface area contributed by atoms with Gasteiger partial charge in [-0.1, -0.05) is 24.3 Å². The van der Waals surface area contributed by atoms with Gasteiger partial charge in [-0.05, 0) is 37.5 Å². The zero-order chi connectivity index (χ0) is 13.8. The molecule has 0 saturated heterocycles. The molecule has 0 aliphatic carbocycles. The summed E-state index contributed by atoms with van der Waals surface area (Å²) in [6, 6.07) is 9.55. The Morgan fingerprint density at radius 2 is 2.00 bits per heavy atom. The first-order valence-electron chi connectivity index (χ1n) is 6.14. The summed E-state index contributed by atoms with van der Waals surface area (Å²) in [6.45, 7) is 3.82. The first-order chi connectivity index (χ1) is 9.08. The van der Waals surface area contributed by atoms with Crippen molar-refractivity contribution in [2.45, 2.75) is 26.2 Å². The van der Waals surface area contributed by atoms with Crippen LogP contribution in [0.15, 0.2) is 36.7 Å². The molecule has 1 aromatic carbocycles. The number of aryl methyl sites for hydroxylation is 2. The Morgan fingerprint density at radius 3 is 2.63 bits per heavy atom. The van der Waals surface area contributed by atoms with Crippen molar-refractivity contribution in [3.05, 3.63) is 59.2 Å². The van der Waals surface area contributed by atoms with E-state index in [0.717, 1.165) is 16.8 Å². The van der Waals surface area contributed by atoms with Gasteiger partial charge in [0.15, 0.2) is 0 Å². The Bertz CT molecular complexity index is 596. The van der Waals surface area contributed by atoms with Crippen LogP contribution in [0, 0.1) is 13.8 Å². The van der Waals surface area contributed by atoms with E-state index in [9.17, 15) is 9.90 Å². The molecule has 0 spiro atoms. The van der Waals surface area contributed by atoms with Crippen molar-refractivity contribution in [1.82, 2.24) is 9.97 Å². The Hall–Kier alpha value is -2.23. The summed E-state index contributed by atoms with van der Waals surface area (Å²) < 4.78 is 0. The van der Waals surface area contributed by atoms with Gasteiger partial charge in [-0.3, -0.25) is 4.79 Å². The van der Waals surface area contributed by atoms with Gasteiger partial charge in [0.2, 0.25) is 0 Å². The third-order valence-corrected chi connectivity index (χ3v) is 3.17. The highest BCUT2D eigenvalue weighted by Gasteiger charge is 2.22. The summed E-state index contributed by atoms with van der Waals surface area (Å²) in [5.74, 6) is -1.50. The SMILES string of the molecule is Cc1cc(C(Cc2ccccc2C)C(=O)O)ncn1. The monoisotopic (exact) mass is 256 g/mol. The molecular formula is C15H16N2O2. The third kappa shape index (κ3) is 3.16. The van der Waals surface area contributed by atoms with Crippen molar-refractivity contribution in [1.29, 1.82) is 0 Å². The number of benzene rings is 1. The van der Waals surface area contributed by atoms with Gasteiger partial charge in [-0.2, -0.15) is 0 Å². The van der Waals surface area contributed by atoms with Crippen LogP contribution in [-0.2, 0) is 11.2 Å². The number of carboxylic acid groups (broad SMARTS) is 1. The van der Waals surface area contributed by atoms with Crippen molar-refractivity contribution in [2.75, 3.05) is 0 Å². The molecule has 0 aliphatic heterocycles. The molecule has 1 heterocycles. The Kier molecular flexibility index (Phi) is 3.90. The Balaban J connectivity index is 2.32. The van der Waals surface area contributed by atoms with Crippen molar-refractivity contribution in [3.8, 4) is 0 Å². The number of carboxylic acids is 1. The minimum atomic E-state index is -0.860. The van der Waals surface area contributed by atoms with Gasteiger partial charge < -0.3 is 5.11 Å². The zero-order valence-corrected chi connectivity index (χ0v) is 11.0. The minimum Gasteiger partial charge on any atom is -0.481 e. The van der Waals surface area contributed by atoms with E-state index in [1.54, 1.807) is 6.07 Å². The lowest BCUT2D eigenvalue weighted by atomic mass is 9.93. The van der Waals surface area contributed by atoms with Gasteiger partial charge >= 0.3 is 5.97 Å². The van der Waals surface area contributed by atoms with Crippen LogP contribution < -0.4 is 0 Å². The fourth-order valence-corrected chi connectivity index (χ4v) is 2.04. The van der Waals surface area contributed by atoms with E-state index in [1.165, 1.54) is 6.33 Å². The molecule has 2 aromatic rings.